The van der Waals surface area contributed by atoms with E-state index in [0.717, 1.165) is 0 Å². The number of ether oxygens (including phenoxy) is 1. The van der Waals surface area contributed by atoms with Crippen LogP contribution in [-0.2, 0) is 4.74 Å². The summed E-state index contributed by atoms with van der Waals surface area (Å²) in [6.07, 6.45) is 0. The zero-order chi connectivity index (χ0) is 11.4. The van der Waals surface area contributed by atoms with Gasteiger partial charge in [0.05, 0.1) is 13.2 Å². The second kappa shape index (κ2) is 4.86. The molecule has 1 fully saturated rings. The Morgan fingerprint density at radius 2 is 2.19 bits per heavy atom. The maximum absolute atomic E-state index is 11.6. The minimum absolute atomic E-state index is 0.186. The first-order valence-corrected chi connectivity index (χ1v) is 4.95. The van der Waals surface area contributed by atoms with E-state index in [2.05, 4.69) is 15.6 Å². The SMILES string of the molecule is O=C(NN1CCOCC1)c1ccc(=O)[nH]n1. The highest BCUT2D eigenvalue weighted by Gasteiger charge is 2.14. The molecule has 7 heteroatoms. The molecule has 0 unspecified atom stereocenters. The van der Waals surface area contributed by atoms with Gasteiger partial charge in [-0.1, -0.05) is 0 Å². The fourth-order valence-electron chi connectivity index (χ4n) is 1.35. The van der Waals surface area contributed by atoms with Gasteiger partial charge < -0.3 is 4.74 Å². The van der Waals surface area contributed by atoms with E-state index >= 15 is 0 Å². The van der Waals surface area contributed by atoms with Crippen molar-refractivity contribution in [3.63, 3.8) is 0 Å². The van der Waals surface area contributed by atoms with Gasteiger partial charge in [-0.15, -0.1) is 0 Å². The van der Waals surface area contributed by atoms with Crippen LogP contribution in [0.25, 0.3) is 0 Å². The normalized spacial score (nSPS) is 17.0. The summed E-state index contributed by atoms with van der Waals surface area (Å²) in [7, 11) is 0. The quantitative estimate of drug-likeness (QED) is 0.655. The largest absolute Gasteiger partial charge is 0.379 e. The van der Waals surface area contributed by atoms with Crippen LogP contribution in [0.4, 0.5) is 0 Å². The van der Waals surface area contributed by atoms with Crippen molar-refractivity contribution < 1.29 is 9.53 Å². The molecule has 1 aromatic rings. The summed E-state index contributed by atoms with van der Waals surface area (Å²) in [5.74, 6) is -0.335. The van der Waals surface area contributed by atoms with E-state index in [0.29, 0.717) is 26.3 Å². The van der Waals surface area contributed by atoms with Gasteiger partial charge in [0.25, 0.3) is 11.5 Å². The van der Waals surface area contributed by atoms with Gasteiger partial charge in [-0.2, -0.15) is 5.10 Å². The second-order valence-electron chi connectivity index (χ2n) is 3.35. The minimum atomic E-state index is -0.335. The van der Waals surface area contributed by atoms with Crippen molar-refractivity contribution in [1.82, 2.24) is 20.6 Å². The third-order valence-corrected chi connectivity index (χ3v) is 2.18. The Bertz CT molecular complexity index is 405. The molecule has 1 saturated heterocycles. The maximum atomic E-state index is 11.6. The lowest BCUT2D eigenvalue weighted by Crippen LogP contribution is -2.48. The van der Waals surface area contributed by atoms with Crippen molar-refractivity contribution in [2.75, 3.05) is 26.3 Å². The van der Waals surface area contributed by atoms with E-state index in [1.54, 1.807) is 5.01 Å². The second-order valence-corrected chi connectivity index (χ2v) is 3.35. The molecule has 0 aliphatic carbocycles. The predicted octanol–water partition coefficient (Wildman–Crippen LogP) is -1.25. The summed E-state index contributed by atoms with van der Waals surface area (Å²) in [4.78, 5) is 22.4. The van der Waals surface area contributed by atoms with Crippen LogP contribution < -0.4 is 11.0 Å². The molecule has 1 aromatic heterocycles. The summed E-state index contributed by atoms with van der Waals surface area (Å²) in [5.41, 5.74) is 2.54. The van der Waals surface area contributed by atoms with Crippen LogP contribution in [0.5, 0.6) is 0 Å². The first kappa shape index (κ1) is 10.8. The van der Waals surface area contributed by atoms with Crippen molar-refractivity contribution in [3.8, 4) is 0 Å². The first-order valence-electron chi connectivity index (χ1n) is 4.95. The van der Waals surface area contributed by atoms with Crippen LogP contribution in [0.3, 0.4) is 0 Å². The van der Waals surface area contributed by atoms with E-state index in [9.17, 15) is 9.59 Å². The molecule has 0 spiro atoms. The Hall–Kier alpha value is -1.73. The highest BCUT2D eigenvalue weighted by molar-refractivity contribution is 5.91. The van der Waals surface area contributed by atoms with Gasteiger partial charge >= 0.3 is 0 Å². The Morgan fingerprint density at radius 3 is 2.81 bits per heavy atom. The average molecular weight is 224 g/mol. The highest BCUT2D eigenvalue weighted by atomic mass is 16.5. The topological polar surface area (TPSA) is 87.3 Å². The number of hydrogen-bond donors (Lipinski definition) is 2. The third kappa shape index (κ3) is 2.65. The lowest BCUT2D eigenvalue weighted by molar-refractivity contribution is 0.0124. The maximum Gasteiger partial charge on any atom is 0.285 e. The molecule has 1 amide bonds. The molecule has 7 nitrogen and oxygen atoms in total. The zero-order valence-corrected chi connectivity index (χ0v) is 8.60. The monoisotopic (exact) mass is 224 g/mol. The number of aromatic amines is 1. The van der Waals surface area contributed by atoms with E-state index in [1.165, 1.54) is 12.1 Å². The van der Waals surface area contributed by atoms with E-state index in [-0.39, 0.29) is 17.2 Å². The Labute approximate surface area is 91.4 Å². The van der Waals surface area contributed by atoms with Gasteiger partial charge in [-0.05, 0) is 6.07 Å². The van der Waals surface area contributed by atoms with Gasteiger partial charge in [0, 0.05) is 19.2 Å². The number of nitrogens with zero attached hydrogens (tertiary/aromatic N) is 2. The molecule has 0 saturated carbocycles. The van der Waals surface area contributed by atoms with Crippen LogP contribution in [0.2, 0.25) is 0 Å². The van der Waals surface area contributed by atoms with Crippen LogP contribution in [-0.4, -0.2) is 47.4 Å². The van der Waals surface area contributed by atoms with Crippen molar-refractivity contribution in [1.29, 1.82) is 0 Å². The van der Waals surface area contributed by atoms with Gasteiger partial charge in [0.2, 0.25) is 0 Å². The molecular weight excluding hydrogens is 212 g/mol. The summed E-state index contributed by atoms with van der Waals surface area (Å²) in [5, 5.41) is 7.61. The number of carbonyl (C=O) groups excluding carboxylic acids is 1. The molecule has 16 heavy (non-hydrogen) atoms. The number of nitrogens with one attached hydrogen (secondary N) is 2. The van der Waals surface area contributed by atoms with E-state index in [4.69, 9.17) is 4.74 Å². The number of H-pyrrole nitrogens is 1. The molecule has 0 radical (unpaired) electrons. The molecule has 2 N–H and O–H groups in total. The van der Waals surface area contributed by atoms with Gasteiger partial charge in [-0.3, -0.25) is 15.0 Å². The summed E-state index contributed by atoms with van der Waals surface area (Å²) >= 11 is 0. The van der Waals surface area contributed by atoms with E-state index in [1.807, 2.05) is 0 Å². The number of carbonyl (C=O) groups is 1. The Balaban J connectivity index is 1.96. The zero-order valence-electron chi connectivity index (χ0n) is 8.60. The number of hydrogen-bond acceptors (Lipinski definition) is 5. The molecule has 86 valence electrons. The molecule has 0 aromatic carbocycles. The van der Waals surface area contributed by atoms with Gasteiger partial charge in [0.15, 0.2) is 0 Å². The van der Waals surface area contributed by atoms with Crippen LogP contribution in [0, 0.1) is 0 Å². The number of rotatable bonds is 2. The number of morpholine rings is 1. The number of hydrazine groups is 1. The third-order valence-electron chi connectivity index (χ3n) is 2.18. The predicted molar refractivity (Wildman–Crippen MR) is 54.7 cm³/mol. The lowest BCUT2D eigenvalue weighted by Gasteiger charge is -2.26. The fraction of sp³-hybridized carbons (Fsp3) is 0.444. The number of aromatic nitrogens is 2. The molecule has 2 rings (SSSR count). The van der Waals surface area contributed by atoms with Gasteiger partial charge in [0.1, 0.15) is 5.69 Å². The number of amides is 1. The average Bonchev–Trinajstić information content (AvgIpc) is 2.31. The van der Waals surface area contributed by atoms with Crippen LogP contribution >= 0.6 is 0 Å². The minimum Gasteiger partial charge on any atom is -0.379 e. The molecule has 0 atom stereocenters. The smallest absolute Gasteiger partial charge is 0.285 e. The van der Waals surface area contributed by atoms with Crippen molar-refractivity contribution in [2.45, 2.75) is 0 Å². The van der Waals surface area contributed by atoms with Crippen LogP contribution in [0.15, 0.2) is 16.9 Å². The van der Waals surface area contributed by atoms with Crippen LogP contribution in [0.1, 0.15) is 10.5 Å². The van der Waals surface area contributed by atoms with Gasteiger partial charge in [-0.25, -0.2) is 10.1 Å². The Morgan fingerprint density at radius 1 is 1.44 bits per heavy atom. The van der Waals surface area contributed by atoms with Crippen molar-refractivity contribution in [3.05, 3.63) is 28.2 Å². The molecule has 1 aliphatic heterocycles. The fourth-order valence-corrected chi connectivity index (χ4v) is 1.35. The van der Waals surface area contributed by atoms with Crippen molar-refractivity contribution in [2.24, 2.45) is 0 Å². The van der Waals surface area contributed by atoms with Crippen molar-refractivity contribution >= 4 is 5.91 Å². The summed E-state index contributed by atoms with van der Waals surface area (Å²) in [6, 6.07) is 2.65. The molecular formula is C9H12N4O3. The molecule has 0 bridgehead atoms. The highest BCUT2D eigenvalue weighted by Crippen LogP contribution is 1.95. The summed E-state index contributed by atoms with van der Waals surface area (Å²) in [6.45, 7) is 2.49. The summed E-state index contributed by atoms with van der Waals surface area (Å²) < 4.78 is 5.15. The van der Waals surface area contributed by atoms with E-state index < -0.39 is 0 Å². The standard InChI is InChI=1S/C9H12N4O3/c14-8-2-1-7(10-11-8)9(15)12-13-3-5-16-6-4-13/h1-2H,3-6H2,(H,11,14)(H,12,15). The Kier molecular flexibility index (Phi) is 3.28. The molecule has 2 heterocycles. The first-order chi connectivity index (χ1) is 7.75. The molecule has 1 aliphatic rings. The lowest BCUT2D eigenvalue weighted by atomic mass is 10.4.